The van der Waals surface area contributed by atoms with E-state index >= 15 is 0 Å². The number of nitrogens with one attached hydrogen (secondary N) is 2. The van der Waals surface area contributed by atoms with Crippen molar-refractivity contribution in [2.75, 3.05) is 17.6 Å². The van der Waals surface area contributed by atoms with Gasteiger partial charge in [0.05, 0.1) is 23.1 Å². The van der Waals surface area contributed by atoms with E-state index in [1.54, 1.807) is 6.20 Å². The lowest BCUT2D eigenvalue weighted by Crippen LogP contribution is -2.16. The van der Waals surface area contributed by atoms with Crippen molar-refractivity contribution in [1.82, 2.24) is 10.2 Å². The topological polar surface area (TPSA) is 66.7 Å². The van der Waals surface area contributed by atoms with Gasteiger partial charge >= 0.3 is 0 Å². The van der Waals surface area contributed by atoms with Crippen LogP contribution in [-0.4, -0.2) is 16.7 Å². The molecule has 0 aliphatic heterocycles. The van der Waals surface area contributed by atoms with Crippen molar-refractivity contribution in [1.29, 1.82) is 0 Å². The SMILES string of the molecule is CC1CCC(CCNc2cc3[nH]ncc3cc2N)CC1. The van der Waals surface area contributed by atoms with E-state index in [1.807, 2.05) is 6.07 Å². The molecule has 0 bridgehead atoms. The minimum Gasteiger partial charge on any atom is -0.397 e. The maximum absolute atomic E-state index is 6.08. The summed E-state index contributed by atoms with van der Waals surface area (Å²) in [7, 11) is 0. The predicted molar refractivity (Wildman–Crippen MR) is 84.7 cm³/mol. The molecule has 1 aromatic carbocycles. The first-order valence-corrected chi connectivity index (χ1v) is 7.69. The number of anilines is 2. The van der Waals surface area contributed by atoms with Crippen LogP contribution in [0.5, 0.6) is 0 Å². The number of aromatic amines is 1. The van der Waals surface area contributed by atoms with Crippen molar-refractivity contribution in [3.8, 4) is 0 Å². The highest BCUT2D eigenvalue weighted by molar-refractivity contribution is 5.88. The summed E-state index contributed by atoms with van der Waals surface area (Å²) in [6.07, 6.45) is 8.61. The number of aromatic nitrogens is 2. The lowest BCUT2D eigenvalue weighted by atomic mass is 9.81. The Bertz CT molecular complexity index is 567. The Balaban J connectivity index is 1.55. The Morgan fingerprint density at radius 2 is 2.10 bits per heavy atom. The summed E-state index contributed by atoms with van der Waals surface area (Å²) in [6, 6.07) is 4.03. The van der Waals surface area contributed by atoms with E-state index in [9.17, 15) is 0 Å². The second kappa shape index (κ2) is 5.73. The lowest BCUT2D eigenvalue weighted by molar-refractivity contribution is 0.282. The van der Waals surface area contributed by atoms with E-state index < -0.39 is 0 Å². The van der Waals surface area contributed by atoms with Gasteiger partial charge < -0.3 is 11.1 Å². The van der Waals surface area contributed by atoms with Crippen LogP contribution in [0.25, 0.3) is 10.9 Å². The minimum absolute atomic E-state index is 0.802. The van der Waals surface area contributed by atoms with Gasteiger partial charge in [-0.05, 0) is 30.4 Å². The van der Waals surface area contributed by atoms with Gasteiger partial charge in [-0.15, -0.1) is 0 Å². The fourth-order valence-electron chi connectivity index (χ4n) is 3.19. The molecule has 1 saturated carbocycles. The highest BCUT2D eigenvalue weighted by Crippen LogP contribution is 2.31. The fourth-order valence-corrected chi connectivity index (χ4v) is 3.19. The van der Waals surface area contributed by atoms with Gasteiger partial charge in [-0.25, -0.2) is 0 Å². The molecule has 1 fully saturated rings. The lowest BCUT2D eigenvalue weighted by Gasteiger charge is -2.26. The molecule has 1 aliphatic carbocycles. The Kier molecular flexibility index (Phi) is 3.81. The van der Waals surface area contributed by atoms with Crippen LogP contribution in [0.3, 0.4) is 0 Å². The molecule has 0 radical (unpaired) electrons. The van der Waals surface area contributed by atoms with Gasteiger partial charge in [-0.2, -0.15) is 5.10 Å². The molecule has 0 amide bonds. The average molecular weight is 272 g/mol. The van der Waals surface area contributed by atoms with E-state index in [0.717, 1.165) is 40.7 Å². The molecule has 1 aromatic heterocycles. The Hall–Kier alpha value is -1.71. The van der Waals surface area contributed by atoms with Gasteiger partial charge in [0.1, 0.15) is 0 Å². The second-order valence-corrected chi connectivity index (χ2v) is 6.24. The van der Waals surface area contributed by atoms with Crippen molar-refractivity contribution >= 4 is 22.3 Å². The van der Waals surface area contributed by atoms with Crippen molar-refractivity contribution in [2.45, 2.75) is 39.0 Å². The van der Waals surface area contributed by atoms with Crippen LogP contribution in [-0.2, 0) is 0 Å². The quantitative estimate of drug-likeness (QED) is 0.742. The minimum atomic E-state index is 0.802. The standard InChI is InChI=1S/C16H24N4/c1-11-2-4-12(5-3-11)6-7-18-16-9-15-13(8-14(16)17)10-19-20-15/h8-12,18H,2-7,17H2,1H3,(H,19,20). The molecule has 0 unspecified atom stereocenters. The van der Waals surface area contributed by atoms with Crippen LogP contribution in [0.1, 0.15) is 39.0 Å². The smallest absolute Gasteiger partial charge is 0.0672 e. The molecule has 0 saturated heterocycles. The Morgan fingerprint density at radius 1 is 1.30 bits per heavy atom. The van der Waals surface area contributed by atoms with Crippen LogP contribution in [0, 0.1) is 11.8 Å². The zero-order valence-corrected chi connectivity index (χ0v) is 12.2. The number of nitrogens with two attached hydrogens (primary N) is 1. The van der Waals surface area contributed by atoms with Gasteiger partial charge in [-0.1, -0.05) is 32.6 Å². The van der Waals surface area contributed by atoms with E-state index in [2.05, 4.69) is 28.5 Å². The summed E-state index contributed by atoms with van der Waals surface area (Å²) in [5.74, 6) is 1.81. The highest BCUT2D eigenvalue weighted by Gasteiger charge is 2.17. The largest absolute Gasteiger partial charge is 0.397 e. The third-order valence-corrected chi connectivity index (χ3v) is 4.61. The monoisotopic (exact) mass is 272 g/mol. The van der Waals surface area contributed by atoms with E-state index in [4.69, 9.17) is 5.73 Å². The number of nitrogens with zero attached hydrogens (tertiary/aromatic N) is 1. The molecule has 1 heterocycles. The molecular formula is C16H24N4. The molecular weight excluding hydrogens is 248 g/mol. The predicted octanol–water partition coefficient (Wildman–Crippen LogP) is 3.77. The molecule has 20 heavy (non-hydrogen) atoms. The van der Waals surface area contributed by atoms with Crippen LogP contribution >= 0.6 is 0 Å². The summed E-state index contributed by atoms with van der Waals surface area (Å²) in [4.78, 5) is 0. The van der Waals surface area contributed by atoms with Crippen LogP contribution in [0.15, 0.2) is 18.3 Å². The molecule has 4 nitrogen and oxygen atoms in total. The number of hydrogen-bond donors (Lipinski definition) is 3. The zero-order valence-electron chi connectivity index (χ0n) is 12.2. The third-order valence-electron chi connectivity index (χ3n) is 4.61. The van der Waals surface area contributed by atoms with Gasteiger partial charge in [0.2, 0.25) is 0 Å². The highest BCUT2D eigenvalue weighted by atomic mass is 15.1. The maximum Gasteiger partial charge on any atom is 0.0672 e. The molecule has 0 spiro atoms. The van der Waals surface area contributed by atoms with Gasteiger partial charge in [-0.3, -0.25) is 5.10 Å². The summed E-state index contributed by atoms with van der Waals surface area (Å²) in [5, 5.41) is 11.6. The first-order valence-electron chi connectivity index (χ1n) is 7.69. The molecule has 108 valence electrons. The van der Waals surface area contributed by atoms with Crippen molar-refractivity contribution in [3.05, 3.63) is 18.3 Å². The summed E-state index contributed by atoms with van der Waals surface area (Å²) >= 11 is 0. The van der Waals surface area contributed by atoms with Gasteiger partial charge in [0, 0.05) is 11.9 Å². The molecule has 2 aromatic rings. The first kappa shape index (κ1) is 13.3. The summed E-state index contributed by atoms with van der Waals surface area (Å²) < 4.78 is 0. The van der Waals surface area contributed by atoms with Crippen molar-refractivity contribution in [3.63, 3.8) is 0 Å². The second-order valence-electron chi connectivity index (χ2n) is 6.24. The van der Waals surface area contributed by atoms with E-state index in [-0.39, 0.29) is 0 Å². The summed E-state index contributed by atoms with van der Waals surface area (Å²) in [6.45, 7) is 3.37. The number of fused-ring (bicyclic) bond motifs is 1. The number of nitrogen functional groups attached to an aromatic ring is 1. The number of benzene rings is 1. The number of hydrogen-bond acceptors (Lipinski definition) is 3. The number of H-pyrrole nitrogens is 1. The first-order chi connectivity index (χ1) is 9.72. The normalized spacial score (nSPS) is 23.1. The van der Waals surface area contributed by atoms with Crippen LogP contribution < -0.4 is 11.1 Å². The molecule has 3 rings (SSSR count). The van der Waals surface area contributed by atoms with E-state index in [0.29, 0.717) is 0 Å². The van der Waals surface area contributed by atoms with Gasteiger partial charge in [0.15, 0.2) is 0 Å². The van der Waals surface area contributed by atoms with Crippen molar-refractivity contribution in [2.24, 2.45) is 11.8 Å². The maximum atomic E-state index is 6.08. The summed E-state index contributed by atoms with van der Waals surface area (Å²) in [5.41, 5.74) is 8.94. The Labute approximate surface area is 120 Å². The molecule has 0 atom stereocenters. The Morgan fingerprint density at radius 3 is 2.90 bits per heavy atom. The van der Waals surface area contributed by atoms with Crippen LogP contribution in [0.2, 0.25) is 0 Å². The zero-order chi connectivity index (χ0) is 13.9. The fraction of sp³-hybridized carbons (Fsp3) is 0.562. The third kappa shape index (κ3) is 2.89. The molecule has 4 heteroatoms. The van der Waals surface area contributed by atoms with E-state index in [1.165, 1.54) is 32.1 Å². The molecule has 4 N–H and O–H groups in total. The number of rotatable bonds is 4. The van der Waals surface area contributed by atoms with Crippen LogP contribution in [0.4, 0.5) is 11.4 Å². The average Bonchev–Trinajstić information content (AvgIpc) is 2.88. The van der Waals surface area contributed by atoms with Crippen molar-refractivity contribution < 1.29 is 0 Å². The molecule has 1 aliphatic rings. The van der Waals surface area contributed by atoms with Gasteiger partial charge in [0.25, 0.3) is 0 Å².